The minimum absolute atomic E-state index is 0.0789. The Labute approximate surface area is 180 Å². The third-order valence-electron chi connectivity index (χ3n) is 5.79. The standard InChI is InChI=1S/C21H27N5O5/c1-12-16(20(27)31-13-8-6-5-7-9-13)17(26-21(22-12)23-24-25-26)14-10-11-15(28-2)19(30-4)18(14)29-3/h10-11,13,17H,5-9H2,1-4H3,(H,22,23,25)/t17-/m0/s1. The molecule has 10 nitrogen and oxygen atoms in total. The molecule has 0 bridgehead atoms. The zero-order valence-electron chi connectivity index (χ0n) is 18.2. The van der Waals surface area contributed by atoms with E-state index in [0.717, 1.165) is 25.7 Å². The molecule has 1 fully saturated rings. The zero-order valence-corrected chi connectivity index (χ0v) is 18.2. The number of anilines is 1. The first-order valence-corrected chi connectivity index (χ1v) is 10.3. The van der Waals surface area contributed by atoms with Crippen molar-refractivity contribution in [2.75, 3.05) is 26.6 Å². The van der Waals surface area contributed by atoms with Gasteiger partial charge in [-0.1, -0.05) is 11.5 Å². The Hall–Kier alpha value is -3.30. The maximum Gasteiger partial charge on any atom is 0.338 e. The van der Waals surface area contributed by atoms with Crippen molar-refractivity contribution in [3.8, 4) is 17.2 Å². The Morgan fingerprint density at radius 1 is 1.06 bits per heavy atom. The molecule has 1 aromatic heterocycles. The van der Waals surface area contributed by atoms with Crippen LogP contribution in [-0.2, 0) is 9.53 Å². The third-order valence-corrected chi connectivity index (χ3v) is 5.79. The normalized spacial score (nSPS) is 18.8. The number of rotatable bonds is 6. The summed E-state index contributed by atoms with van der Waals surface area (Å²) in [5.41, 5.74) is 1.71. The molecule has 0 saturated heterocycles. The molecule has 2 aromatic rings. The molecule has 0 unspecified atom stereocenters. The first-order chi connectivity index (χ1) is 15.1. The van der Waals surface area contributed by atoms with E-state index in [4.69, 9.17) is 18.9 Å². The average molecular weight is 429 g/mol. The van der Waals surface area contributed by atoms with Gasteiger partial charge in [-0.25, -0.2) is 4.79 Å². The Bertz CT molecular complexity index is 996. The van der Waals surface area contributed by atoms with E-state index in [1.807, 2.05) is 13.0 Å². The second-order valence-electron chi connectivity index (χ2n) is 7.60. The summed E-state index contributed by atoms with van der Waals surface area (Å²) in [6.07, 6.45) is 5.00. The summed E-state index contributed by atoms with van der Waals surface area (Å²) in [5.74, 6) is 1.41. The Morgan fingerprint density at radius 2 is 1.81 bits per heavy atom. The van der Waals surface area contributed by atoms with Crippen LogP contribution in [0.15, 0.2) is 23.4 Å². The van der Waals surface area contributed by atoms with Crippen LogP contribution in [-0.4, -0.2) is 53.6 Å². The number of nitrogens with zero attached hydrogens (tertiary/aromatic N) is 4. The summed E-state index contributed by atoms with van der Waals surface area (Å²) in [6.45, 7) is 1.82. The lowest BCUT2D eigenvalue weighted by Crippen LogP contribution is -2.32. The van der Waals surface area contributed by atoms with Crippen LogP contribution in [0.25, 0.3) is 0 Å². The summed E-state index contributed by atoms with van der Waals surface area (Å²) in [5, 5.41) is 15.0. The van der Waals surface area contributed by atoms with Gasteiger partial charge in [-0.15, -0.1) is 0 Å². The maximum absolute atomic E-state index is 13.4. The van der Waals surface area contributed by atoms with E-state index in [1.54, 1.807) is 25.0 Å². The highest BCUT2D eigenvalue weighted by Gasteiger charge is 2.38. The quantitative estimate of drug-likeness (QED) is 0.693. The van der Waals surface area contributed by atoms with Crippen molar-refractivity contribution in [2.45, 2.75) is 51.2 Å². The predicted molar refractivity (Wildman–Crippen MR) is 111 cm³/mol. The van der Waals surface area contributed by atoms with E-state index in [2.05, 4.69) is 20.8 Å². The van der Waals surface area contributed by atoms with E-state index >= 15 is 0 Å². The van der Waals surface area contributed by atoms with Crippen molar-refractivity contribution in [3.63, 3.8) is 0 Å². The number of hydrogen-bond acceptors (Lipinski definition) is 9. The molecule has 166 valence electrons. The van der Waals surface area contributed by atoms with E-state index in [9.17, 15) is 4.79 Å². The van der Waals surface area contributed by atoms with Gasteiger partial charge in [0.25, 0.3) is 0 Å². The number of methoxy groups -OCH3 is 3. The number of carbonyl (C=O) groups is 1. The molecule has 31 heavy (non-hydrogen) atoms. The van der Waals surface area contributed by atoms with Crippen LogP contribution in [0, 0.1) is 0 Å². The fourth-order valence-corrected chi connectivity index (χ4v) is 4.30. The van der Waals surface area contributed by atoms with Gasteiger partial charge in [-0.05, 0) is 55.2 Å². The van der Waals surface area contributed by atoms with Crippen molar-refractivity contribution < 1.29 is 23.7 Å². The van der Waals surface area contributed by atoms with Gasteiger partial charge in [0.2, 0.25) is 11.7 Å². The third kappa shape index (κ3) is 3.77. The summed E-state index contributed by atoms with van der Waals surface area (Å²) >= 11 is 0. The lowest BCUT2D eigenvalue weighted by atomic mass is 9.93. The topological polar surface area (TPSA) is 110 Å². The lowest BCUT2D eigenvalue weighted by molar-refractivity contribution is -0.146. The first kappa shape index (κ1) is 21.0. The highest BCUT2D eigenvalue weighted by Crippen LogP contribution is 2.46. The van der Waals surface area contributed by atoms with Crippen LogP contribution in [0.2, 0.25) is 0 Å². The van der Waals surface area contributed by atoms with Gasteiger partial charge in [-0.3, -0.25) is 0 Å². The highest BCUT2D eigenvalue weighted by molar-refractivity contribution is 5.92. The zero-order chi connectivity index (χ0) is 22.0. The molecule has 10 heteroatoms. The van der Waals surface area contributed by atoms with Crippen molar-refractivity contribution in [2.24, 2.45) is 0 Å². The van der Waals surface area contributed by atoms with Gasteiger partial charge in [0.1, 0.15) is 12.1 Å². The molecule has 0 spiro atoms. The van der Waals surface area contributed by atoms with Gasteiger partial charge < -0.3 is 24.3 Å². The number of carbonyl (C=O) groups excluding carboxylic acids is 1. The number of allylic oxidation sites excluding steroid dienone is 1. The number of ether oxygens (including phenoxy) is 4. The highest BCUT2D eigenvalue weighted by atomic mass is 16.5. The summed E-state index contributed by atoms with van der Waals surface area (Å²) in [4.78, 5) is 13.4. The van der Waals surface area contributed by atoms with Crippen LogP contribution < -0.4 is 19.5 Å². The van der Waals surface area contributed by atoms with Crippen LogP contribution in [0.1, 0.15) is 50.6 Å². The number of aromatic nitrogens is 4. The molecule has 4 rings (SSSR count). The van der Waals surface area contributed by atoms with E-state index in [-0.39, 0.29) is 12.1 Å². The van der Waals surface area contributed by atoms with Gasteiger partial charge >= 0.3 is 5.97 Å². The molecular formula is C21H27N5O5. The largest absolute Gasteiger partial charge is 0.493 e. The Morgan fingerprint density at radius 3 is 2.48 bits per heavy atom. The predicted octanol–water partition coefficient (Wildman–Crippen LogP) is 2.86. The summed E-state index contributed by atoms with van der Waals surface area (Å²) in [6, 6.07) is 2.93. The average Bonchev–Trinajstić information content (AvgIpc) is 3.25. The monoisotopic (exact) mass is 429 g/mol. The molecule has 1 N–H and O–H groups in total. The molecule has 1 aromatic carbocycles. The van der Waals surface area contributed by atoms with Crippen molar-refractivity contribution >= 4 is 11.9 Å². The Balaban J connectivity index is 1.81. The number of esters is 1. The van der Waals surface area contributed by atoms with Gasteiger partial charge in [-0.2, -0.15) is 4.68 Å². The van der Waals surface area contributed by atoms with Gasteiger partial charge in [0, 0.05) is 11.3 Å². The molecule has 0 amide bonds. The van der Waals surface area contributed by atoms with Crippen molar-refractivity contribution in [1.29, 1.82) is 0 Å². The van der Waals surface area contributed by atoms with Crippen molar-refractivity contribution in [3.05, 3.63) is 29.0 Å². The van der Waals surface area contributed by atoms with E-state index in [1.165, 1.54) is 13.5 Å². The molecule has 1 aliphatic heterocycles. The molecule has 0 radical (unpaired) electrons. The molecule has 2 aliphatic rings. The Kier molecular flexibility index (Phi) is 5.97. The number of hydrogen-bond donors (Lipinski definition) is 1. The molecule has 2 heterocycles. The van der Waals surface area contributed by atoms with Crippen LogP contribution >= 0.6 is 0 Å². The second-order valence-corrected chi connectivity index (χ2v) is 7.60. The fraction of sp³-hybridized carbons (Fsp3) is 0.524. The smallest absolute Gasteiger partial charge is 0.338 e. The fourth-order valence-electron chi connectivity index (χ4n) is 4.30. The van der Waals surface area contributed by atoms with E-state index < -0.39 is 6.04 Å². The van der Waals surface area contributed by atoms with Gasteiger partial charge in [0.05, 0.1) is 26.9 Å². The number of benzene rings is 1. The SMILES string of the molecule is COc1ccc([C@H]2C(C(=O)OC3CCCCC3)=C(C)Nc3nnnn32)c(OC)c1OC. The van der Waals surface area contributed by atoms with Gasteiger partial charge in [0.15, 0.2) is 11.5 Å². The minimum Gasteiger partial charge on any atom is -0.493 e. The molecule has 1 saturated carbocycles. The number of nitrogens with one attached hydrogen (secondary N) is 1. The van der Waals surface area contributed by atoms with Crippen molar-refractivity contribution in [1.82, 2.24) is 20.2 Å². The lowest BCUT2D eigenvalue weighted by Gasteiger charge is -2.30. The molecular weight excluding hydrogens is 402 g/mol. The maximum atomic E-state index is 13.4. The summed E-state index contributed by atoms with van der Waals surface area (Å²) in [7, 11) is 4.63. The number of tetrazole rings is 1. The molecule has 1 atom stereocenters. The minimum atomic E-state index is -0.655. The first-order valence-electron chi connectivity index (χ1n) is 10.3. The second kappa shape index (κ2) is 8.83. The van der Waals surface area contributed by atoms with Crippen LogP contribution in [0.3, 0.4) is 0 Å². The summed E-state index contributed by atoms with van der Waals surface area (Å²) < 4.78 is 24.1. The number of fused-ring (bicyclic) bond motifs is 1. The van der Waals surface area contributed by atoms with E-state index in [0.29, 0.717) is 40.0 Å². The van der Waals surface area contributed by atoms with Crippen LogP contribution in [0.4, 0.5) is 5.95 Å². The van der Waals surface area contributed by atoms with Crippen LogP contribution in [0.5, 0.6) is 17.2 Å². The molecule has 1 aliphatic carbocycles.